The summed E-state index contributed by atoms with van der Waals surface area (Å²) >= 11 is 0. The first-order chi connectivity index (χ1) is 4.70. The quantitative estimate of drug-likeness (QED) is 0.423. The van der Waals surface area contributed by atoms with Crippen molar-refractivity contribution >= 4 is 5.71 Å². The van der Waals surface area contributed by atoms with E-state index in [1.165, 1.54) is 0 Å². The fraction of sp³-hybridized carbons (Fsp3) is 0.625. The standard InChI is InChI=1S/C8H14FN/c1-4-10-8(6-9)5-7(2)3/h2,4-6H2,1,3H3/b10-8+. The summed E-state index contributed by atoms with van der Waals surface area (Å²) in [6, 6.07) is 0. The fourth-order valence-electron chi connectivity index (χ4n) is 0.717. The van der Waals surface area contributed by atoms with Gasteiger partial charge in [-0.15, -0.1) is 0 Å². The molecule has 0 spiro atoms. The molecule has 0 rings (SSSR count). The van der Waals surface area contributed by atoms with Gasteiger partial charge in [-0.1, -0.05) is 12.2 Å². The van der Waals surface area contributed by atoms with E-state index in [4.69, 9.17) is 0 Å². The zero-order valence-corrected chi connectivity index (χ0v) is 6.65. The lowest BCUT2D eigenvalue weighted by atomic mass is 10.2. The van der Waals surface area contributed by atoms with Crippen LogP contribution < -0.4 is 0 Å². The summed E-state index contributed by atoms with van der Waals surface area (Å²) in [5.41, 5.74) is 1.57. The van der Waals surface area contributed by atoms with Crippen molar-refractivity contribution in [1.29, 1.82) is 0 Å². The molecule has 0 bridgehead atoms. The van der Waals surface area contributed by atoms with E-state index in [9.17, 15) is 4.39 Å². The second-order valence-electron chi connectivity index (χ2n) is 2.31. The van der Waals surface area contributed by atoms with E-state index in [-0.39, 0.29) is 0 Å². The molecule has 0 amide bonds. The number of aliphatic imine (C=N–C) groups is 1. The number of halogens is 1. The highest BCUT2D eigenvalue weighted by atomic mass is 19.1. The highest BCUT2D eigenvalue weighted by molar-refractivity contribution is 5.87. The Bertz CT molecular complexity index is 138. The van der Waals surface area contributed by atoms with Crippen LogP contribution in [-0.2, 0) is 0 Å². The van der Waals surface area contributed by atoms with E-state index >= 15 is 0 Å². The van der Waals surface area contributed by atoms with Crippen LogP contribution >= 0.6 is 0 Å². The van der Waals surface area contributed by atoms with Crippen LogP contribution in [0, 0.1) is 0 Å². The Morgan fingerprint density at radius 3 is 2.50 bits per heavy atom. The van der Waals surface area contributed by atoms with Crippen molar-refractivity contribution in [3.05, 3.63) is 12.2 Å². The second-order valence-corrected chi connectivity index (χ2v) is 2.31. The first kappa shape index (κ1) is 9.34. The van der Waals surface area contributed by atoms with Crippen molar-refractivity contribution in [2.75, 3.05) is 13.2 Å². The van der Waals surface area contributed by atoms with E-state index in [0.717, 1.165) is 5.57 Å². The number of rotatable bonds is 4. The molecule has 0 heterocycles. The molecule has 0 aliphatic rings. The summed E-state index contributed by atoms with van der Waals surface area (Å²) in [7, 11) is 0. The van der Waals surface area contributed by atoms with Crippen molar-refractivity contribution in [3.63, 3.8) is 0 Å². The normalized spacial score (nSPS) is 11.7. The molecule has 0 N–H and O–H groups in total. The Labute approximate surface area is 61.7 Å². The predicted molar refractivity (Wildman–Crippen MR) is 43.4 cm³/mol. The van der Waals surface area contributed by atoms with Crippen LogP contribution in [0.5, 0.6) is 0 Å². The maximum absolute atomic E-state index is 12.0. The number of hydrogen-bond donors (Lipinski definition) is 0. The van der Waals surface area contributed by atoms with Crippen LogP contribution in [-0.4, -0.2) is 18.9 Å². The summed E-state index contributed by atoms with van der Waals surface area (Å²) in [5.74, 6) is 0. The van der Waals surface area contributed by atoms with Crippen LogP contribution in [0.1, 0.15) is 20.3 Å². The van der Waals surface area contributed by atoms with Gasteiger partial charge in [0.15, 0.2) is 0 Å². The Morgan fingerprint density at radius 2 is 2.20 bits per heavy atom. The van der Waals surface area contributed by atoms with Gasteiger partial charge in [0, 0.05) is 18.7 Å². The molecular weight excluding hydrogens is 129 g/mol. The summed E-state index contributed by atoms with van der Waals surface area (Å²) in [6.07, 6.45) is 0.602. The van der Waals surface area contributed by atoms with E-state index < -0.39 is 6.67 Å². The van der Waals surface area contributed by atoms with E-state index in [2.05, 4.69) is 11.6 Å². The van der Waals surface area contributed by atoms with Gasteiger partial charge in [0.1, 0.15) is 6.67 Å². The minimum atomic E-state index is -0.444. The van der Waals surface area contributed by atoms with E-state index in [1.54, 1.807) is 0 Å². The molecule has 0 aliphatic heterocycles. The predicted octanol–water partition coefficient (Wildman–Crippen LogP) is 2.38. The SMILES string of the molecule is C=C(C)C/C(CF)=N\CC. The number of alkyl halides is 1. The van der Waals surface area contributed by atoms with Gasteiger partial charge in [-0.25, -0.2) is 4.39 Å². The van der Waals surface area contributed by atoms with Crippen molar-refractivity contribution in [1.82, 2.24) is 0 Å². The van der Waals surface area contributed by atoms with Crippen LogP contribution in [0.3, 0.4) is 0 Å². The largest absolute Gasteiger partial charge is 0.291 e. The summed E-state index contributed by atoms with van der Waals surface area (Å²) in [5, 5.41) is 0. The molecule has 0 aliphatic carbocycles. The van der Waals surface area contributed by atoms with Crippen LogP contribution in [0.4, 0.5) is 4.39 Å². The summed E-state index contributed by atoms with van der Waals surface area (Å²) in [4.78, 5) is 3.96. The molecule has 1 nitrogen and oxygen atoms in total. The first-order valence-corrected chi connectivity index (χ1v) is 3.43. The van der Waals surface area contributed by atoms with Crippen molar-refractivity contribution in [2.45, 2.75) is 20.3 Å². The van der Waals surface area contributed by atoms with Crippen molar-refractivity contribution in [3.8, 4) is 0 Å². The average molecular weight is 143 g/mol. The van der Waals surface area contributed by atoms with Gasteiger partial charge >= 0.3 is 0 Å². The smallest absolute Gasteiger partial charge is 0.127 e. The van der Waals surface area contributed by atoms with Gasteiger partial charge in [0.05, 0.1) is 0 Å². The monoisotopic (exact) mass is 143 g/mol. The molecule has 0 aromatic heterocycles. The molecule has 10 heavy (non-hydrogen) atoms. The lowest BCUT2D eigenvalue weighted by molar-refractivity contribution is 0.576. The van der Waals surface area contributed by atoms with Crippen LogP contribution in [0.15, 0.2) is 17.1 Å². The fourth-order valence-corrected chi connectivity index (χ4v) is 0.717. The Balaban J connectivity index is 3.83. The third kappa shape index (κ3) is 4.24. The highest BCUT2D eigenvalue weighted by Gasteiger charge is 1.96. The molecule has 0 aromatic carbocycles. The second kappa shape index (κ2) is 5.15. The van der Waals surface area contributed by atoms with E-state index in [0.29, 0.717) is 18.7 Å². The molecule has 0 saturated carbocycles. The zero-order chi connectivity index (χ0) is 7.98. The lowest BCUT2D eigenvalue weighted by Crippen LogP contribution is -2.01. The Hall–Kier alpha value is -0.660. The first-order valence-electron chi connectivity index (χ1n) is 3.43. The topological polar surface area (TPSA) is 12.4 Å². The van der Waals surface area contributed by atoms with Crippen LogP contribution in [0.2, 0.25) is 0 Å². The number of hydrogen-bond acceptors (Lipinski definition) is 1. The van der Waals surface area contributed by atoms with Gasteiger partial charge in [0.25, 0.3) is 0 Å². The molecular formula is C8H14FN. The minimum absolute atomic E-state index is 0.444. The Kier molecular flexibility index (Phi) is 4.81. The van der Waals surface area contributed by atoms with Gasteiger partial charge < -0.3 is 0 Å². The van der Waals surface area contributed by atoms with Gasteiger partial charge in [-0.3, -0.25) is 4.99 Å². The average Bonchev–Trinajstić information content (AvgIpc) is 1.86. The van der Waals surface area contributed by atoms with Crippen molar-refractivity contribution in [2.24, 2.45) is 4.99 Å². The molecule has 0 unspecified atom stereocenters. The number of allylic oxidation sites excluding steroid dienone is 1. The Morgan fingerprint density at radius 1 is 1.60 bits per heavy atom. The molecule has 0 aromatic rings. The number of nitrogens with zero attached hydrogens (tertiary/aromatic N) is 1. The molecule has 0 atom stereocenters. The summed E-state index contributed by atoms with van der Waals surface area (Å²) < 4.78 is 12.0. The maximum atomic E-state index is 12.0. The zero-order valence-electron chi connectivity index (χ0n) is 6.65. The minimum Gasteiger partial charge on any atom is -0.291 e. The third-order valence-corrected chi connectivity index (χ3v) is 1.04. The van der Waals surface area contributed by atoms with Crippen LogP contribution in [0.25, 0.3) is 0 Å². The molecule has 58 valence electrons. The lowest BCUT2D eigenvalue weighted by Gasteiger charge is -1.99. The third-order valence-electron chi connectivity index (χ3n) is 1.04. The molecule has 2 heteroatoms. The summed E-state index contributed by atoms with van der Waals surface area (Å²) in [6.45, 7) is 7.67. The van der Waals surface area contributed by atoms with Gasteiger partial charge in [-0.2, -0.15) is 0 Å². The maximum Gasteiger partial charge on any atom is 0.127 e. The highest BCUT2D eigenvalue weighted by Crippen LogP contribution is 1.98. The molecule has 0 fully saturated rings. The van der Waals surface area contributed by atoms with Gasteiger partial charge in [0.2, 0.25) is 0 Å². The molecule has 0 saturated heterocycles. The van der Waals surface area contributed by atoms with E-state index in [1.807, 2.05) is 13.8 Å². The molecule has 0 radical (unpaired) electrons. The van der Waals surface area contributed by atoms with Crippen molar-refractivity contribution < 1.29 is 4.39 Å². The van der Waals surface area contributed by atoms with Gasteiger partial charge in [-0.05, 0) is 13.8 Å².